The molecular weight excluding hydrogens is 232 g/mol. The third-order valence-corrected chi connectivity index (χ3v) is 2.72. The maximum Gasteiger partial charge on any atom is 0.354 e. The Kier molecular flexibility index (Phi) is 3.84. The van der Waals surface area contributed by atoms with Gasteiger partial charge in [0.1, 0.15) is 11.5 Å². The van der Waals surface area contributed by atoms with Crippen molar-refractivity contribution in [1.82, 2.24) is 10.3 Å². The first kappa shape index (κ1) is 12.4. The van der Waals surface area contributed by atoms with Gasteiger partial charge >= 0.3 is 5.97 Å². The molecule has 0 aliphatic carbocycles. The van der Waals surface area contributed by atoms with Crippen molar-refractivity contribution in [3.05, 3.63) is 47.7 Å². The van der Waals surface area contributed by atoms with Crippen molar-refractivity contribution in [3.8, 4) is 0 Å². The van der Waals surface area contributed by atoms with E-state index in [2.05, 4.69) is 15.0 Å². The van der Waals surface area contributed by atoms with E-state index in [9.17, 15) is 4.79 Å². The van der Waals surface area contributed by atoms with Crippen molar-refractivity contribution in [3.63, 3.8) is 0 Å². The van der Waals surface area contributed by atoms with Crippen LogP contribution < -0.4 is 5.32 Å². The molecule has 0 saturated heterocycles. The molecule has 0 amide bonds. The minimum absolute atomic E-state index is 0.116. The molecule has 2 rings (SSSR count). The van der Waals surface area contributed by atoms with E-state index in [1.54, 1.807) is 12.3 Å². The summed E-state index contributed by atoms with van der Waals surface area (Å²) in [5.74, 6) is 0.523. The van der Waals surface area contributed by atoms with Crippen LogP contribution in [0.2, 0.25) is 0 Å². The number of carbonyl (C=O) groups is 1. The maximum absolute atomic E-state index is 11.3. The fourth-order valence-corrected chi connectivity index (χ4v) is 1.67. The van der Waals surface area contributed by atoms with E-state index >= 15 is 0 Å². The first-order valence-corrected chi connectivity index (χ1v) is 5.73. The number of esters is 1. The summed E-state index contributed by atoms with van der Waals surface area (Å²) in [6.45, 7) is 2.64. The van der Waals surface area contributed by atoms with Gasteiger partial charge in [0.15, 0.2) is 0 Å². The summed E-state index contributed by atoms with van der Waals surface area (Å²) in [6, 6.07) is 7.46. The minimum Gasteiger partial charge on any atom is -0.468 e. The normalized spacial score (nSPS) is 12.3. The predicted molar refractivity (Wildman–Crippen MR) is 66.1 cm³/mol. The first-order chi connectivity index (χ1) is 8.70. The molecule has 2 aromatic heterocycles. The molecule has 2 N–H and O–H groups in total. The van der Waals surface area contributed by atoms with Crippen molar-refractivity contribution in [2.45, 2.75) is 19.5 Å². The highest BCUT2D eigenvalue weighted by atomic mass is 16.5. The molecular formula is C13H16N2O3. The molecule has 96 valence electrons. The van der Waals surface area contributed by atoms with Crippen molar-refractivity contribution < 1.29 is 13.9 Å². The summed E-state index contributed by atoms with van der Waals surface area (Å²) in [5, 5.41) is 3.29. The second kappa shape index (κ2) is 5.55. The van der Waals surface area contributed by atoms with Gasteiger partial charge < -0.3 is 19.5 Å². The quantitative estimate of drug-likeness (QED) is 0.796. The Hall–Kier alpha value is -2.01. The molecule has 5 heteroatoms. The second-order valence-electron chi connectivity index (χ2n) is 4.01. The molecule has 1 atom stereocenters. The molecule has 0 fully saturated rings. The number of H-pyrrole nitrogens is 1. The van der Waals surface area contributed by atoms with E-state index in [0.717, 1.165) is 11.5 Å². The predicted octanol–water partition coefficient (Wildman–Crippen LogP) is 2.25. The van der Waals surface area contributed by atoms with Gasteiger partial charge in [-0.3, -0.25) is 0 Å². The van der Waals surface area contributed by atoms with Crippen molar-refractivity contribution in [2.24, 2.45) is 0 Å². The number of aromatic nitrogens is 1. The number of furan rings is 1. The van der Waals surface area contributed by atoms with Crippen molar-refractivity contribution in [2.75, 3.05) is 7.11 Å². The Morgan fingerprint density at radius 3 is 3.00 bits per heavy atom. The summed E-state index contributed by atoms with van der Waals surface area (Å²) < 4.78 is 9.93. The van der Waals surface area contributed by atoms with Crippen molar-refractivity contribution in [1.29, 1.82) is 0 Å². The zero-order valence-corrected chi connectivity index (χ0v) is 10.4. The molecule has 0 aromatic carbocycles. The lowest BCUT2D eigenvalue weighted by Crippen LogP contribution is -2.17. The number of nitrogens with one attached hydrogen (secondary N) is 2. The van der Waals surface area contributed by atoms with Crippen LogP contribution in [0.3, 0.4) is 0 Å². The highest BCUT2D eigenvalue weighted by Gasteiger charge is 2.10. The number of hydrogen-bond donors (Lipinski definition) is 2. The zero-order chi connectivity index (χ0) is 13.0. The molecule has 0 unspecified atom stereocenters. The smallest absolute Gasteiger partial charge is 0.354 e. The maximum atomic E-state index is 11.3. The fourth-order valence-electron chi connectivity index (χ4n) is 1.67. The largest absolute Gasteiger partial charge is 0.468 e. The van der Waals surface area contributed by atoms with Gasteiger partial charge in [0.2, 0.25) is 0 Å². The molecule has 0 saturated carbocycles. The summed E-state index contributed by atoms with van der Waals surface area (Å²) >= 11 is 0. The lowest BCUT2D eigenvalue weighted by atomic mass is 10.2. The summed E-state index contributed by atoms with van der Waals surface area (Å²) in [6.07, 6.45) is 1.65. The van der Waals surface area contributed by atoms with Crippen LogP contribution >= 0.6 is 0 Å². The van der Waals surface area contributed by atoms with Gasteiger partial charge in [-0.1, -0.05) is 0 Å². The topological polar surface area (TPSA) is 67.3 Å². The Labute approximate surface area is 105 Å². The number of hydrogen-bond acceptors (Lipinski definition) is 4. The van der Waals surface area contributed by atoms with E-state index in [4.69, 9.17) is 4.42 Å². The molecule has 2 aromatic rings. The third-order valence-electron chi connectivity index (χ3n) is 2.72. The fraction of sp³-hybridized carbons (Fsp3) is 0.308. The molecule has 0 aliphatic heterocycles. The Bertz CT molecular complexity index is 502. The SMILES string of the molecule is COC(=O)c1ccc(CN[C@H](C)c2ccco2)[nH]1. The lowest BCUT2D eigenvalue weighted by Gasteiger charge is -2.10. The highest BCUT2D eigenvalue weighted by molar-refractivity contribution is 5.87. The van der Waals surface area contributed by atoms with E-state index in [1.165, 1.54) is 7.11 Å². The molecule has 0 spiro atoms. The van der Waals surface area contributed by atoms with E-state index < -0.39 is 0 Å². The van der Waals surface area contributed by atoms with Crippen LogP contribution in [0.15, 0.2) is 34.9 Å². The van der Waals surface area contributed by atoms with E-state index in [0.29, 0.717) is 12.2 Å². The average Bonchev–Trinajstić information content (AvgIpc) is 3.05. The molecule has 5 nitrogen and oxygen atoms in total. The van der Waals surface area contributed by atoms with E-state index in [-0.39, 0.29) is 12.0 Å². The van der Waals surface area contributed by atoms with Crippen molar-refractivity contribution >= 4 is 5.97 Å². The van der Waals surface area contributed by atoms with Crippen LogP contribution in [0.1, 0.15) is 34.9 Å². The minimum atomic E-state index is -0.361. The van der Waals surface area contributed by atoms with Gasteiger partial charge in [0.25, 0.3) is 0 Å². The summed E-state index contributed by atoms with van der Waals surface area (Å²) in [5.41, 5.74) is 1.38. The van der Waals surface area contributed by atoms with Crippen LogP contribution in [-0.4, -0.2) is 18.1 Å². The lowest BCUT2D eigenvalue weighted by molar-refractivity contribution is 0.0594. The van der Waals surface area contributed by atoms with Crippen LogP contribution in [0.4, 0.5) is 0 Å². The van der Waals surface area contributed by atoms with Crippen LogP contribution in [0.5, 0.6) is 0 Å². The van der Waals surface area contributed by atoms with Gasteiger partial charge in [0, 0.05) is 12.2 Å². The Morgan fingerprint density at radius 2 is 2.33 bits per heavy atom. The number of aromatic amines is 1. The number of ether oxygens (including phenoxy) is 1. The average molecular weight is 248 g/mol. The Morgan fingerprint density at radius 1 is 1.50 bits per heavy atom. The molecule has 2 heterocycles. The zero-order valence-electron chi connectivity index (χ0n) is 10.4. The number of rotatable bonds is 5. The van der Waals surface area contributed by atoms with Crippen LogP contribution in [0.25, 0.3) is 0 Å². The summed E-state index contributed by atoms with van der Waals surface area (Å²) in [7, 11) is 1.36. The third kappa shape index (κ3) is 2.81. The standard InChI is InChI=1S/C13H16N2O3/c1-9(12-4-3-7-18-12)14-8-10-5-6-11(15-10)13(16)17-2/h3-7,9,14-15H,8H2,1-2H3/t9-/m1/s1. The van der Waals surface area contributed by atoms with Crippen LogP contribution in [-0.2, 0) is 11.3 Å². The Balaban J connectivity index is 1.90. The molecule has 18 heavy (non-hydrogen) atoms. The monoisotopic (exact) mass is 248 g/mol. The number of carbonyl (C=O) groups excluding carboxylic acids is 1. The molecule has 0 aliphatic rings. The first-order valence-electron chi connectivity index (χ1n) is 5.73. The summed E-state index contributed by atoms with van der Waals surface area (Å²) in [4.78, 5) is 14.3. The second-order valence-corrected chi connectivity index (χ2v) is 4.01. The highest BCUT2D eigenvalue weighted by Crippen LogP contribution is 2.13. The van der Waals surface area contributed by atoms with E-state index in [1.807, 2.05) is 25.1 Å². The van der Waals surface area contributed by atoms with Gasteiger partial charge in [-0.2, -0.15) is 0 Å². The number of methoxy groups -OCH3 is 1. The van der Waals surface area contributed by atoms with Gasteiger partial charge in [-0.05, 0) is 31.2 Å². The van der Waals surface area contributed by atoms with Gasteiger partial charge in [-0.25, -0.2) is 4.79 Å². The molecule has 0 radical (unpaired) electrons. The van der Waals surface area contributed by atoms with Crippen LogP contribution in [0, 0.1) is 0 Å². The van der Waals surface area contributed by atoms with Gasteiger partial charge in [-0.15, -0.1) is 0 Å². The van der Waals surface area contributed by atoms with Gasteiger partial charge in [0.05, 0.1) is 19.4 Å². The molecule has 0 bridgehead atoms.